The molecule has 1 rings (SSSR count). The molecule has 0 saturated heterocycles. The molecule has 8 heteroatoms. The van der Waals surface area contributed by atoms with Gasteiger partial charge in [-0.1, -0.05) is 6.92 Å². The third-order valence-electron chi connectivity index (χ3n) is 2.82. The highest BCUT2D eigenvalue weighted by Gasteiger charge is 2.23. The van der Waals surface area contributed by atoms with Crippen molar-refractivity contribution in [3.05, 3.63) is 18.3 Å². The topological polar surface area (TPSA) is 91.8 Å². The number of nitrogens with zero attached hydrogens (tertiary/aromatic N) is 2. The smallest absolute Gasteiger partial charge is 0.243 e. The molecule has 0 aliphatic heterocycles. The van der Waals surface area contributed by atoms with E-state index in [2.05, 4.69) is 10.3 Å². The van der Waals surface area contributed by atoms with E-state index in [1.54, 1.807) is 0 Å². The maximum Gasteiger partial charge on any atom is 0.243 e. The third-order valence-corrected chi connectivity index (χ3v) is 4.64. The first-order valence-corrected chi connectivity index (χ1v) is 8.19. The molecule has 1 aromatic heterocycles. The summed E-state index contributed by atoms with van der Waals surface area (Å²) in [6, 6.07) is 2.93. The summed E-state index contributed by atoms with van der Waals surface area (Å²) in [4.78, 5) is 4.22. The first-order valence-electron chi connectivity index (χ1n) is 6.75. The molecule has 1 aromatic rings. The average Bonchev–Trinajstić information content (AvgIpc) is 2.45. The molecular formula is C13H23N3O4S. The maximum absolute atomic E-state index is 12.4. The van der Waals surface area contributed by atoms with Crippen molar-refractivity contribution in [2.45, 2.75) is 24.3 Å². The van der Waals surface area contributed by atoms with Crippen molar-refractivity contribution in [1.82, 2.24) is 9.29 Å². The van der Waals surface area contributed by atoms with Gasteiger partial charge in [0.05, 0.1) is 17.6 Å². The Hall–Kier alpha value is -1.22. The number of anilines is 1. The van der Waals surface area contributed by atoms with Crippen LogP contribution in [0.25, 0.3) is 0 Å². The number of rotatable bonds is 9. The number of methoxy groups -OCH3 is 1. The minimum Gasteiger partial charge on any atom is -0.389 e. The maximum atomic E-state index is 12.4. The Bertz CT molecular complexity index is 536. The number of aliphatic hydroxyl groups excluding tert-OH is 1. The van der Waals surface area contributed by atoms with Crippen molar-refractivity contribution >= 4 is 15.8 Å². The van der Waals surface area contributed by atoms with Crippen LogP contribution < -0.4 is 5.32 Å². The lowest BCUT2D eigenvalue weighted by Gasteiger charge is -2.20. The lowest BCUT2D eigenvalue weighted by atomic mass is 10.4. The molecule has 0 radical (unpaired) electrons. The summed E-state index contributed by atoms with van der Waals surface area (Å²) in [5.41, 5.74) is 0. The highest BCUT2D eigenvalue weighted by Crippen LogP contribution is 2.17. The highest BCUT2D eigenvalue weighted by molar-refractivity contribution is 7.89. The van der Waals surface area contributed by atoms with E-state index in [-0.39, 0.29) is 18.0 Å². The molecule has 0 amide bonds. The largest absolute Gasteiger partial charge is 0.389 e. The van der Waals surface area contributed by atoms with Crippen molar-refractivity contribution < 1.29 is 18.3 Å². The lowest BCUT2D eigenvalue weighted by Crippen LogP contribution is -2.36. The van der Waals surface area contributed by atoms with Gasteiger partial charge in [-0.3, -0.25) is 0 Å². The van der Waals surface area contributed by atoms with E-state index in [1.807, 2.05) is 6.92 Å². The van der Waals surface area contributed by atoms with Crippen molar-refractivity contribution in [3.63, 3.8) is 0 Å². The number of aromatic nitrogens is 1. The summed E-state index contributed by atoms with van der Waals surface area (Å²) < 4.78 is 30.7. The Labute approximate surface area is 126 Å². The molecule has 21 heavy (non-hydrogen) atoms. The van der Waals surface area contributed by atoms with Crippen molar-refractivity contribution in [3.8, 4) is 0 Å². The second kappa shape index (κ2) is 8.28. The van der Waals surface area contributed by atoms with Gasteiger partial charge in [0.1, 0.15) is 5.82 Å². The number of aliphatic hydroxyl groups is 1. The normalized spacial score (nSPS) is 13.4. The van der Waals surface area contributed by atoms with E-state index < -0.39 is 16.1 Å². The zero-order valence-corrected chi connectivity index (χ0v) is 13.4. The van der Waals surface area contributed by atoms with E-state index in [9.17, 15) is 13.5 Å². The fourth-order valence-electron chi connectivity index (χ4n) is 1.74. The van der Waals surface area contributed by atoms with Gasteiger partial charge in [0, 0.05) is 39.5 Å². The number of likely N-dealkylation sites (N-methyl/N-ethyl adjacent to an activating group) is 1. The summed E-state index contributed by atoms with van der Waals surface area (Å²) in [6.45, 7) is 2.78. The molecule has 0 saturated carbocycles. The zero-order valence-electron chi connectivity index (χ0n) is 12.6. The highest BCUT2D eigenvalue weighted by atomic mass is 32.2. The van der Waals surface area contributed by atoms with E-state index in [0.29, 0.717) is 5.82 Å². The molecular weight excluding hydrogens is 294 g/mol. The molecule has 0 fully saturated rings. The van der Waals surface area contributed by atoms with Gasteiger partial charge in [0.25, 0.3) is 0 Å². The quantitative estimate of drug-likeness (QED) is 0.690. The molecule has 0 bridgehead atoms. The van der Waals surface area contributed by atoms with E-state index in [1.165, 1.54) is 32.5 Å². The van der Waals surface area contributed by atoms with Gasteiger partial charge in [-0.2, -0.15) is 4.31 Å². The molecule has 0 aliphatic rings. The Morgan fingerprint density at radius 1 is 1.52 bits per heavy atom. The third kappa shape index (κ3) is 5.24. The molecule has 7 nitrogen and oxygen atoms in total. The SMILES string of the molecule is CCCNc1cc(S(=O)(=O)N(C)CC(O)COC)ccn1. The van der Waals surface area contributed by atoms with Crippen LogP contribution in [-0.4, -0.2) is 62.8 Å². The molecule has 0 aromatic carbocycles. The molecule has 2 N–H and O–H groups in total. The van der Waals surface area contributed by atoms with Gasteiger partial charge >= 0.3 is 0 Å². The molecule has 0 aliphatic carbocycles. The summed E-state index contributed by atoms with van der Waals surface area (Å²) in [5, 5.41) is 12.7. The number of sulfonamides is 1. The van der Waals surface area contributed by atoms with Crippen molar-refractivity contribution in [1.29, 1.82) is 0 Å². The fourth-order valence-corrected chi connectivity index (χ4v) is 2.96. The van der Waals surface area contributed by atoms with Crippen LogP contribution in [-0.2, 0) is 14.8 Å². The first kappa shape index (κ1) is 17.8. The monoisotopic (exact) mass is 317 g/mol. The second-order valence-electron chi connectivity index (χ2n) is 4.70. The average molecular weight is 317 g/mol. The van der Waals surface area contributed by atoms with Gasteiger partial charge in [-0.05, 0) is 12.5 Å². The van der Waals surface area contributed by atoms with Crippen LogP contribution in [0.15, 0.2) is 23.2 Å². The van der Waals surface area contributed by atoms with Crippen LogP contribution >= 0.6 is 0 Å². The van der Waals surface area contributed by atoms with Gasteiger partial charge in [-0.25, -0.2) is 13.4 Å². The summed E-state index contributed by atoms with van der Waals surface area (Å²) in [5.74, 6) is 0.517. The zero-order chi connectivity index (χ0) is 15.9. The summed E-state index contributed by atoms with van der Waals surface area (Å²) >= 11 is 0. The Morgan fingerprint density at radius 3 is 2.86 bits per heavy atom. The van der Waals surface area contributed by atoms with Crippen LogP contribution in [0.2, 0.25) is 0 Å². The standard InChI is InChI=1S/C13H23N3O4S/c1-4-6-14-13-8-12(5-7-15-13)21(18,19)16(2)9-11(17)10-20-3/h5,7-8,11,17H,4,6,9-10H2,1-3H3,(H,14,15). The number of hydrogen-bond acceptors (Lipinski definition) is 6. The van der Waals surface area contributed by atoms with Crippen molar-refractivity contribution in [2.24, 2.45) is 0 Å². The number of nitrogens with one attached hydrogen (secondary N) is 1. The van der Waals surface area contributed by atoms with Crippen LogP contribution in [0.4, 0.5) is 5.82 Å². The van der Waals surface area contributed by atoms with Gasteiger partial charge in [-0.15, -0.1) is 0 Å². The minimum atomic E-state index is -3.66. The van der Waals surface area contributed by atoms with Gasteiger partial charge in [0.2, 0.25) is 10.0 Å². The Balaban J connectivity index is 2.86. The molecule has 1 atom stereocenters. The predicted octanol–water partition coefficient (Wildman–Crippen LogP) is 0.531. The Kier molecular flexibility index (Phi) is 7.03. The van der Waals surface area contributed by atoms with E-state index in [4.69, 9.17) is 4.74 Å². The molecule has 1 unspecified atom stereocenters. The Morgan fingerprint density at radius 2 is 2.24 bits per heavy atom. The number of pyridine rings is 1. The minimum absolute atomic E-state index is 0.0315. The van der Waals surface area contributed by atoms with Crippen LogP contribution in [0.3, 0.4) is 0 Å². The van der Waals surface area contributed by atoms with Crippen molar-refractivity contribution in [2.75, 3.05) is 39.2 Å². The van der Waals surface area contributed by atoms with Crippen LogP contribution in [0.1, 0.15) is 13.3 Å². The van der Waals surface area contributed by atoms with Gasteiger partial charge in [0.15, 0.2) is 0 Å². The predicted molar refractivity (Wildman–Crippen MR) is 80.7 cm³/mol. The van der Waals surface area contributed by atoms with E-state index >= 15 is 0 Å². The first-order chi connectivity index (χ1) is 9.91. The van der Waals surface area contributed by atoms with Crippen LogP contribution in [0.5, 0.6) is 0 Å². The van der Waals surface area contributed by atoms with Crippen LogP contribution in [0, 0.1) is 0 Å². The van der Waals surface area contributed by atoms with E-state index in [0.717, 1.165) is 17.3 Å². The fraction of sp³-hybridized carbons (Fsp3) is 0.615. The second-order valence-corrected chi connectivity index (χ2v) is 6.74. The molecule has 1 heterocycles. The molecule has 120 valence electrons. The summed E-state index contributed by atoms with van der Waals surface area (Å²) in [6.07, 6.45) is 1.50. The number of hydrogen-bond donors (Lipinski definition) is 2. The van der Waals surface area contributed by atoms with Gasteiger partial charge < -0.3 is 15.2 Å². The molecule has 0 spiro atoms. The lowest BCUT2D eigenvalue weighted by molar-refractivity contribution is 0.0554. The summed E-state index contributed by atoms with van der Waals surface area (Å²) in [7, 11) is -0.787. The number of ether oxygens (including phenoxy) is 1.